The Balaban J connectivity index is 1.78. The van der Waals surface area contributed by atoms with Gasteiger partial charge in [0, 0.05) is 33.2 Å². The molecule has 0 amide bonds. The van der Waals surface area contributed by atoms with Crippen molar-refractivity contribution in [1.29, 1.82) is 0 Å². The number of benzene rings is 1. The highest BCUT2D eigenvalue weighted by Crippen LogP contribution is 2.16. The lowest BCUT2D eigenvalue weighted by Gasteiger charge is -2.27. The van der Waals surface area contributed by atoms with E-state index in [1.807, 2.05) is 18.2 Å². The van der Waals surface area contributed by atoms with Crippen LogP contribution in [0.3, 0.4) is 0 Å². The summed E-state index contributed by atoms with van der Waals surface area (Å²) in [6.45, 7) is 2.78. The summed E-state index contributed by atoms with van der Waals surface area (Å²) in [5.41, 5.74) is 2.93. The zero-order valence-corrected chi connectivity index (χ0v) is 12.1. The Bertz CT molecular complexity index is 667. The van der Waals surface area contributed by atoms with Crippen molar-refractivity contribution in [2.75, 3.05) is 13.7 Å². The van der Waals surface area contributed by atoms with Gasteiger partial charge in [-0.25, -0.2) is 4.98 Å². The van der Waals surface area contributed by atoms with Gasteiger partial charge in [0.25, 0.3) is 5.56 Å². The number of methoxy groups -OCH3 is 1. The van der Waals surface area contributed by atoms with Crippen molar-refractivity contribution in [2.24, 2.45) is 0 Å². The second-order valence-corrected chi connectivity index (χ2v) is 5.32. The number of ether oxygens (including phenoxy) is 1. The van der Waals surface area contributed by atoms with E-state index >= 15 is 0 Å². The molecule has 2 aromatic rings. The van der Waals surface area contributed by atoms with E-state index in [1.165, 1.54) is 5.56 Å². The van der Waals surface area contributed by atoms with E-state index in [0.717, 1.165) is 30.8 Å². The van der Waals surface area contributed by atoms with Crippen molar-refractivity contribution in [3.05, 3.63) is 63.3 Å². The SMILES string of the molecule is COCc1nc2c(c(=O)[nH]1)CN(Cc1ccccc1)CC2. The van der Waals surface area contributed by atoms with Gasteiger partial charge in [-0.15, -0.1) is 0 Å². The van der Waals surface area contributed by atoms with E-state index in [9.17, 15) is 4.79 Å². The van der Waals surface area contributed by atoms with Gasteiger partial charge in [0.1, 0.15) is 12.4 Å². The Morgan fingerprint density at radius 2 is 2.14 bits per heavy atom. The van der Waals surface area contributed by atoms with Gasteiger partial charge in [-0.05, 0) is 5.56 Å². The van der Waals surface area contributed by atoms with Gasteiger partial charge >= 0.3 is 0 Å². The summed E-state index contributed by atoms with van der Waals surface area (Å²) in [5, 5.41) is 0. The van der Waals surface area contributed by atoms with E-state index in [4.69, 9.17) is 4.74 Å². The van der Waals surface area contributed by atoms with Gasteiger partial charge in [0.15, 0.2) is 0 Å². The normalized spacial score (nSPS) is 14.9. The van der Waals surface area contributed by atoms with E-state index in [2.05, 4.69) is 27.0 Å². The van der Waals surface area contributed by atoms with Crippen molar-refractivity contribution in [1.82, 2.24) is 14.9 Å². The molecule has 0 radical (unpaired) electrons. The molecule has 0 saturated heterocycles. The van der Waals surface area contributed by atoms with Gasteiger partial charge in [-0.3, -0.25) is 9.69 Å². The first-order valence-electron chi connectivity index (χ1n) is 7.12. The molecule has 0 unspecified atom stereocenters. The fourth-order valence-electron chi connectivity index (χ4n) is 2.71. The number of nitrogens with one attached hydrogen (secondary N) is 1. The summed E-state index contributed by atoms with van der Waals surface area (Å²) in [6.07, 6.45) is 0.808. The predicted molar refractivity (Wildman–Crippen MR) is 79.8 cm³/mol. The van der Waals surface area contributed by atoms with Crippen LogP contribution in [0.1, 0.15) is 22.6 Å². The van der Waals surface area contributed by atoms with Crippen LogP contribution in [0.25, 0.3) is 0 Å². The van der Waals surface area contributed by atoms with Gasteiger partial charge in [0.2, 0.25) is 0 Å². The van der Waals surface area contributed by atoms with Crippen LogP contribution >= 0.6 is 0 Å². The average Bonchev–Trinajstić information content (AvgIpc) is 2.49. The lowest BCUT2D eigenvalue weighted by molar-refractivity contribution is 0.176. The zero-order valence-electron chi connectivity index (χ0n) is 12.1. The molecule has 1 aliphatic rings. The summed E-state index contributed by atoms with van der Waals surface area (Å²) < 4.78 is 5.03. The van der Waals surface area contributed by atoms with Crippen LogP contribution in [0.4, 0.5) is 0 Å². The van der Waals surface area contributed by atoms with Crippen molar-refractivity contribution < 1.29 is 4.74 Å². The molecule has 1 N–H and O–H groups in total. The lowest BCUT2D eigenvalue weighted by atomic mass is 10.1. The third-order valence-corrected chi connectivity index (χ3v) is 3.73. The minimum Gasteiger partial charge on any atom is -0.377 e. The molecule has 1 aliphatic heterocycles. The van der Waals surface area contributed by atoms with Crippen molar-refractivity contribution >= 4 is 0 Å². The summed E-state index contributed by atoms with van der Waals surface area (Å²) in [7, 11) is 1.60. The second kappa shape index (κ2) is 6.20. The smallest absolute Gasteiger partial charge is 0.255 e. The molecule has 0 spiro atoms. The number of nitrogens with zero attached hydrogens (tertiary/aromatic N) is 2. The minimum absolute atomic E-state index is 0.0372. The molecule has 3 rings (SSSR count). The number of fused-ring (bicyclic) bond motifs is 1. The number of H-pyrrole nitrogens is 1. The maximum absolute atomic E-state index is 12.2. The van der Waals surface area contributed by atoms with Crippen LogP contribution in [0, 0.1) is 0 Å². The first-order valence-corrected chi connectivity index (χ1v) is 7.12. The third-order valence-electron chi connectivity index (χ3n) is 3.73. The molecule has 21 heavy (non-hydrogen) atoms. The monoisotopic (exact) mass is 285 g/mol. The molecular formula is C16H19N3O2. The average molecular weight is 285 g/mol. The van der Waals surface area contributed by atoms with Crippen LogP contribution in [-0.4, -0.2) is 28.5 Å². The summed E-state index contributed by atoms with van der Waals surface area (Å²) in [6, 6.07) is 10.3. The van der Waals surface area contributed by atoms with Crippen molar-refractivity contribution in [3.8, 4) is 0 Å². The molecular weight excluding hydrogens is 266 g/mol. The Kier molecular flexibility index (Phi) is 4.13. The topological polar surface area (TPSA) is 58.2 Å². The van der Waals surface area contributed by atoms with Gasteiger partial charge in [0.05, 0.1) is 11.3 Å². The van der Waals surface area contributed by atoms with Crippen molar-refractivity contribution in [2.45, 2.75) is 26.1 Å². The minimum atomic E-state index is -0.0372. The van der Waals surface area contributed by atoms with E-state index in [0.29, 0.717) is 19.0 Å². The zero-order chi connectivity index (χ0) is 14.7. The first kappa shape index (κ1) is 14.0. The molecule has 2 heterocycles. The predicted octanol–water partition coefficient (Wildman–Crippen LogP) is 1.47. The number of rotatable bonds is 4. The summed E-state index contributed by atoms with van der Waals surface area (Å²) in [4.78, 5) is 21.8. The number of aromatic amines is 1. The molecule has 0 saturated carbocycles. The summed E-state index contributed by atoms with van der Waals surface area (Å²) in [5.74, 6) is 0.609. The highest BCUT2D eigenvalue weighted by atomic mass is 16.5. The molecule has 0 atom stereocenters. The van der Waals surface area contributed by atoms with E-state index in [-0.39, 0.29) is 5.56 Å². The van der Waals surface area contributed by atoms with Crippen LogP contribution in [-0.2, 0) is 30.9 Å². The van der Waals surface area contributed by atoms with Gasteiger partial charge in [-0.2, -0.15) is 0 Å². The maximum Gasteiger partial charge on any atom is 0.255 e. The highest BCUT2D eigenvalue weighted by Gasteiger charge is 2.21. The largest absolute Gasteiger partial charge is 0.377 e. The van der Waals surface area contributed by atoms with Crippen LogP contribution < -0.4 is 5.56 Å². The van der Waals surface area contributed by atoms with E-state index < -0.39 is 0 Å². The standard InChI is InChI=1S/C16H19N3O2/c1-21-11-15-17-14-7-8-19(10-13(14)16(20)18-15)9-12-5-3-2-4-6-12/h2-6H,7-11H2,1H3,(H,17,18,20). The second-order valence-electron chi connectivity index (χ2n) is 5.32. The molecule has 110 valence electrons. The van der Waals surface area contributed by atoms with Crippen LogP contribution in [0.5, 0.6) is 0 Å². The fourth-order valence-corrected chi connectivity index (χ4v) is 2.71. The first-order chi connectivity index (χ1) is 10.3. The maximum atomic E-state index is 12.2. The molecule has 5 heteroatoms. The molecule has 1 aromatic heterocycles. The molecule has 0 bridgehead atoms. The Labute approximate surface area is 123 Å². The molecule has 1 aromatic carbocycles. The third kappa shape index (κ3) is 3.20. The van der Waals surface area contributed by atoms with Crippen LogP contribution in [0.15, 0.2) is 35.1 Å². The van der Waals surface area contributed by atoms with Gasteiger partial charge < -0.3 is 9.72 Å². The quantitative estimate of drug-likeness (QED) is 0.924. The lowest BCUT2D eigenvalue weighted by Crippen LogP contribution is -2.35. The number of hydrogen-bond donors (Lipinski definition) is 1. The fraction of sp³-hybridized carbons (Fsp3) is 0.375. The molecule has 5 nitrogen and oxygen atoms in total. The summed E-state index contributed by atoms with van der Waals surface area (Å²) >= 11 is 0. The molecule has 0 aliphatic carbocycles. The number of hydrogen-bond acceptors (Lipinski definition) is 4. The van der Waals surface area contributed by atoms with Crippen LogP contribution in [0.2, 0.25) is 0 Å². The Morgan fingerprint density at radius 3 is 2.90 bits per heavy atom. The van der Waals surface area contributed by atoms with Crippen molar-refractivity contribution in [3.63, 3.8) is 0 Å². The molecule has 0 fully saturated rings. The Hall–Kier alpha value is -1.98. The highest BCUT2D eigenvalue weighted by molar-refractivity contribution is 5.22. The van der Waals surface area contributed by atoms with Gasteiger partial charge in [-0.1, -0.05) is 30.3 Å². The Morgan fingerprint density at radius 1 is 1.33 bits per heavy atom. The van der Waals surface area contributed by atoms with E-state index in [1.54, 1.807) is 7.11 Å². The number of aromatic nitrogens is 2.